The Morgan fingerprint density at radius 1 is 1.29 bits per heavy atom. The average Bonchev–Trinajstić information content (AvgIpc) is 2.89. The van der Waals surface area contributed by atoms with Gasteiger partial charge in [0.15, 0.2) is 0 Å². The van der Waals surface area contributed by atoms with Crippen molar-refractivity contribution in [2.24, 2.45) is 11.7 Å². The summed E-state index contributed by atoms with van der Waals surface area (Å²) < 4.78 is 18.8. The van der Waals surface area contributed by atoms with Crippen LogP contribution in [0.1, 0.15) is 37.1 Å². The van der Waals surface area contributed by atoms with Crippen LogP contribution in [0.2, 0.25) is 0 Å². The van der Waals surface area contributed by atoms with E-state index in [2.05, 4.69) is 10.1 Å². The van der Waals surface area contributed by atoms with Crippen molar-refractivity contribution in [2.45, 2.75) is 45.1 Å². The van der Waals surface area contributed by atoms with Crippen LogP contribution in [0, 0.1) is 18.7 Å². The second kappa shape index (κ2) is 5.93. The van der Waals surface area contributed by atoms with Crippen molar-refractivity contribution >= 4 is 0 Å². The molecule has 2 unspecified atom stereocenters. The maximum Gasteiger partial charge on any atom is 0.227 e. The third kappa shape index (κ3) is 3.29. The summed E-state index contributed by atoms with van der Waals surface area (Å²) in [4.78, 5) is 4.39. The van der Waals surface area contributed by atoms with Gasteiger partial charge >= 0.3 is 0 Å². The summed E-state index contributed by atoms with van der Waals surface area (Å²) in [7, 11) is 0. The molecule has 1 aliphatic carbocycles. The molecule has 1 fully saturated rings. The highest BCUT2D eigenvalue weighted by molar-refractivity contribution is 5.55. The normalized spacial score (nSPS) is 22.4. The highest BCUT2D eigenvalue weighted by Gasteiger charge is 2.24. The third-order valence-corrected chi connectivity index (χ3v) is 4.17. The lowest BCUT2D eigenvalue weighted by Crippen LogP contribution is -2.34. The molecule has 4 nitrogen and oxygen atoms in total. The van der Waals surface area contributed by atoms with E-state index in [1.807, 2.05) is 13.0 Å². The minimum Gasteiger partial charge on any atom is -0.339 e. The molecule has 2 aromatic rings. The second-order valence-corrected chi connectivity index (χ2v) is 5.94. The Hall–Kier alpha value is -1.75. The van der Waals surface area contributed by atoms with Crippen LogP contribution in [0.4, 0.5) is 4.39 Å². The SMILES string of the molecule is Cc1cc(F)cc(-c2noc(CC3CCCCC3N)n2)c1. The van der Waals surface area contributed by atoms with Gasteiger partial charge in [0.05, 0.1) is 0 Å². The summed E-state index contributed by atoms with van der Waals surface area (Å²) in [5.74, 6) is 1.15. The van der Waals surface area contributed by atoms with E-state index in [9.17, 15) is 4.39 Å². The van der Waals surface area contributed by atoms with Crippen LogP contribution in [0.25, 0.3) is 11.4 Å². The maximum absolute atomic E-state index is 13.4. The van der Waals surface area contributed by atoms with Crippen molar-refractivity contribution in [3.8, 4) is 11.4 Å². The van der Waals surface area contributed by atoms with Crippen molar-refractivity contribution in [2.75, 3.05) is 0 Å². The van der Waals surface area contributed by atoms with Gasteiger partial charge in [-0.25, -0.2) is 4.39 Å². The third-order valence-electron chi connectivity index (χ3n) is 4.17. The molecule has 1 aromatic heterocycles. The van der Waals surface area contributed by atoms with Crippen molar-refractivity contribution < 1.29 is 8.91 Å². The molecule has 2 N–H and O–H groups in total. The van der Waals surface area contributed by atoms with Gasteiger partial charge in [-0.1, -0.05) is 18.0 Å². The highest BCUT2D eigenvalue weighted by Crippen LogP contribution is 2.27. The lowest BCUT2D eigenvalue weighted by molar-refractivity contribution is 0.273. The largest absolute Gasteiger partial charge is 0.339 e. The summed E-state index contributed by atoms with van der Waals surface area (Å²) in [6, 6.07) is 4.97. The van der Waals surface area contributed by atoms with Gasteiger partial charge in [-0.2, -0.15) is 4.98 Å². The van der Waals surface area contributed by atoms with E-state index in [1.165, 1.54) is 25.0 Å². The molecule has 2 atom stereocenters. The number of benzene rings is 1. The summed E-state index contributed by atoms with van der Waals surface area (Å²) in [6.07, 6.45) is 5.30. The molecular formula is C16H20FN3O. The van der Waals surface area contributed by atoms with Gasteiger partial charge in [0.25, 0.3) is 0 Å². The molecule has 21 heavy (non-hydrogen) atoms. The van der Waals surface area contributed by atoms with Crippen LogP contribution in [0.15, 0.2) is 22.7 Å². The molecule has 0 saturated heterocycles. The molecule has 112 valence electrons. The summed E-state index contributed by atoms with van der Waals surface area (Å²) in [6.45, 7) is 1.84. The van der Waals surface area contributed by atoms with Gasteiger partial charge in [0.2, 0.25) is 11.7 Å². The fourth-order valence-electron chi connectivity index (χ4n) is 3.03. The number of nitrogens with two attached hydrogens (primary N) is 1. The molecule has 5 heteroatoms. The Morgan fingerprint density at radius 3 is 2.86 bits per heavy atom. The molecule has 0 radical (unpaired) electrons. The number of aryl methyl sites for hydroxylation is 1. The van der Waals surface area contributed by atoms with Crippen LogP contribution in [0.5, 0.6) is 0 Å². The molecule has 0 bridgehead atoms. The molecule has 0 amide bonds. The first-order valence-corrected chi connectivity index (χ1v) is 7.47. The second-order valence-electron chi connectivity index (χ2n) is 5.94. The van der Waals surface area contributed by atoms with Crippen molar-refractivity contribution in [3.63, 3.8) is 0 Å². The topological polar surface area (TPSA) is 64.9 Å². The van der Waals surface area contributed by atoms with Crippen LogP contribution in [-0.4, -0.2) is 16.2 Å². The summed E-state index contributed by atoms with van der Waals surface area (Å²) >= 11 is 0. The standard InChI is InChI=1S/C16H20FN3O/c1-10-6-12(8-13(17)7-10)16-19-15(21-20-16)9-11-4-2-3-5-14(11)18/h6-8,11,14H,2-5,9,18H2,1H3. The maximum atomic E-state index is 13.4. The molecule has 1 aromatic carbocycles. The van der Waals surface area contributed by atoms with Crippen molar-refractivity contribution in [3.05, 3.63) is 35.5 Å². The Bertz CT molecular complexity index is 605. The number of hydrogen-bond donors (Lipinski definition) is 1. The van der Waals surface area contributed by atoms with Crippen molar-refractivity contribution in [1.82, 2.24) is 10.1 Å². The van der Waals surface area contributed by atoms with Gasteiger partial charge in [-0.05, 0) is 49.4 Å². The number of aromatic nitrogens is 2. The van der Waals surface area contributed by atoms with E-state index >= 15 is 0 Å². The first kappa shape index (κ1) is 14.2. The molecule has 0 aliphatic heterocycles. The van der Waals surface area contributed by atoms with E-state index < -0.39 is 0 Å². The predicted molar refractivity (Wildman–Crippen MR) is 78.1 cm³/mol. The van der Waals surface area contributed by atoms with Crippen LogP contribution in [-0.2, 0) is 6.42 Å². The van der Waals surface area contributed by atoms with Crippen molar-refractivity contribution in [1.29, 1.82) is 0 Å². The Balaban J connectivity index is 1.76. The fourth-order valence-corrected chi connectivity index (χ4v) is 3.03. The number of nitrogens with zero attached hydrogens (tertiary/aromatic N) is 2. The monoisotopic (exact) mass is 289 g/mol. The Kier molecular flexibility index (Phi) is 4.01. The molecular weight excluding hydrogens is 269 g/mol. The summed E-state index contributed by atoms with van der Waals surface area (Å²) in [5, 5.41) is 3.97. The highest BCUT2D eigenvalue weighted by atomic mass is 19.1. The quantitative estimate of drug-likeness (QED) is 0.942. The molecule has 1 aliphatic rings. The predicted octanol–water partition coefficient (Wildman–Crippen LogP) is 3.24. The van der Waals surface area contributed by atoms with E-state index in [-0.39, 0.29) is 11.9 Å². The lowest BCUT2D eigenvalue weighted by Gasteiger charge is -2.27. The number of hydrogen-bond acceptors (Lipinski definition) is 4. The molecule has 3 rings (SSSR count). The smallest absolute Gasteiger partial charge is 0.227 e. The zero-order chi connectivity index (χ0) is 14.8. The Morgan fingerprint density at radius 2 is 2.10 bits per heavy atom. The van der Waals surface area contributed by atoms with Gasteiger partial charge in [0.1, 0.15) is 5.82 Å². The minimum absolute atomic E-state index is 0.213. The van der Waals surface area contributed by atoms with E-state index in [4.69, 9.17) is 10.3 Å². The lowest BCUT2D eigenvalue weighted by atomic mass is 9.83. The minimum atomic E-state index is -0.286. The van der Waals surface area contributed by atoms with Crippen LogP contribution < -0.4 is 5.73 Å². The number of rotatable bonds is 3. The zero-order valence-electron chi connectivity index (χ0n) is 12.2. The van der Waals surface area contributed by atoms with E-state index in [0.717, 1.165) is 18.4 Å². The van der Waals surface area contributed by atoms with E-state index in [1.54, 1.807) is 0 Å². The van der Waals surface area contributed by atoms with Crippen LogP contribution >= 0.6 is 0 Å². The average molecular weight is 289 g/mol. The number of halogens is 1. The van der Waals surface area contributed by atoms with Gasteiger partial charge in [-0.3, -0.25) is 0 Å². The molecule has 1 saturated carbocycles. The summed E-state index contributed by atoms with van der Waals surface area (Å²) in [5.41, 5.74) is 7.63. The first-order chi connectivity index (χ1) is 10.1. The van der Waals surface area contributed by atoms with Crippen LogP contribution in [0.3, 0.4) is 0 Å². The van der Waals surface area contributed by atoms with E-state index in [0.29, 0.717) is 29.6 Å². The zero-order valence-corrected chi connectivity index (χ0v) is 12.2. The van der Waals surface area contributed by atoms with Gasteiger partial charge in [0, 0.05) is 18.0 Å². The first-order valence-electron chi connectivity index (χ1n) is 7.47. The fraction of sp³-hybridized carbons (Fsp3) is 0.500. The Labute approximate surface area is 123 Å². The van der Waals surface area contributed by atoms with Gasteiger partial charge < -0.3 is 10.3 Å². The van der Waals surface area contributed by atoms with Gasteiger partial charge in [-0.15, -0.1) is 0 Å². The molecule has 1 heterocycles. The molecule has 0 spiro atoms.